The first-order chi connectivity index (χ1) is 9.29. The van der Waals surface area contributed by atoms with Crippen molar-refractivity contribution >= 4 is 0 Å². The summed E-state index contributed by atoms with van der Waals surface area (Å²) in [6, 6.07) is 0. The van der Waals surface area contributed by atoms with Gasteiger partial charge in [0.15, 0.2) is 0 Å². The van der Waals surface area contributed by atoms with Gasteiger partial charge in [0.25, 0.3) is 0 Å². The highest BCUT2D eigenvalue weighted by molar-refractivity contribution is 5.01. The molecule has 0 aromatic rings. The van der Waals surface area contributed by atoms with Crippen LogP contribution in [0.4, 0.5) is 0 Å². The van der Waals surface area contributed by atoms with Crippen molar-refractivity contribution in [1.82, 2.24) is 0 Å². The van der Waals surface area contributed by atoms with Crippen molar-refractivity contribution in [3.8, 4) is 0 Å². The van der Waals surface area contributed by atoms with E-state index in [1.165, 1.54) is 44.9 Å². The lowest BCUT2D eigenvalue weighted by Gasteiger charge is -2.33. The van der Waals surface area contributed by atoms with Crippen LogP contribution < -0.4 is 0 Å². The average Bonchev–Trinajstić information content (AvgIpc) is 2.45. The molecule has 0 bridgehead atoms. The maximum atomic E-state index is 3.77. The maximum Gasteiger partial charge on any atom is -0.0205 e. The molecule has 0 N–H and O–H groups in total. The molecule has 2 aliphatic carbocycles. The molecule has 0 aromatic carbocycles. The van der Waals surface area contributed by atoms with Gasteiger partial charge < -0.3 is 0 Å². The van der Waals surface area contributed by atoms with Crippen molar-refractivity contribution in [2.45, 2.75) is 58.3 Å². The molecule has 19 heavy (non-hydrogen) atoms. The molecule has 0 aliphatic heterocycles. The van der Waals surface area contributed by atoms with Crippen LogP contribution in [0, 0.1) is 23.7 Å². The van der Waals surface area contributed by atoms with E-state index in [4.69, 9.17) is 0 Å². The Morgan fingerprint density at radius 1 is 1.00 bits per heavy atom. The molecule has 0 radical (unpaired) electrons. The van der Waals surface area contributed by atoms with E-state index < -0.39 is 0 Å². The summed E-state index contributed by atoms with van der Waals surface area (Å²) in [5.41, 5.74) is 0. The lowest BCUT2D eigenvalue weighted by atomic mass is 9.72. The van der Waals surface area contributed by atoms with Crippen molar-refractivity contribution in [2.24, 2.45) is 23.7 Å². The molecule has 106 valence electrons. The van der Waals surface area contributed by atoms with Gasteiger partial charge in [0.1, 0.15) is 0 Å². The number of allylic oxidation sites excluding steroid dienone is 5. The summed E-state index contributed by atoms with van der Waals surface area (Å²) in [6.07, 6.45) is 22.7. The molecule has 1 saturated carbocycles. The third-order valence-corrected chi connectivity index (χ3v) is 5.01. The molecular formula is C19H30. The predicted molar refractivity (Wildman–Crippen MR) is 85.0 cm³/mol. The fourth-order valence-electron chi connectivity index (χ4n) is 3.64. The molecule has 0 nitrogen and oxygen atoms in total. The van der Waals surface area contributed by atoms with Gasteiger partial charge in [-0.1, -0.05) is 37.3 Å². The fraction of sp³-hybridized carbons (Fsp3) is 0.684. The zero-order chi connectivity index (χ0) is 13.5. The van der Waals surface area contributed by atoms with Gasteiger partial charge in [-0.05, 0) is 75.0 Å². The minimum atomic E-state index is 0.820. The summed E-state index contributed by atoms with van der Waals surface area (Å²) < 4.78 is 0. The van der Waals surface area contributed by atoms with Crippen LogP contribution in [0.2, 0.25) is 0 Å². The summed E-state index contributed by atoms with van der Waals surface area (Å²) in [5, 5.41) is 0. The highest BCUT2D eigenvalue weighted by Crippen LogP contribution is 2.38. The average molecular weight is 258 g/mol. The quantitative estimate of drug-likeness (QED) is 0.424. The van der Waals surface area contributed by atoms with Crippen LogP contribution in [0.25, 0.3) is 0 Å². The molecule has 0 aromatic heterocycles. The van der Waals surface area contributed by atoms with E-state index in [1.807, 2.05) is 6.08 Å². The highest BCUT2D eigenvalue weighted by Gasteiger charge is 2.26. The molecule has 2 unspecified atom stereocenters. The molecule has 0 amide bonds. The minimum Gasteiger partial charge on any atom is -0.103 e. The normalized spacial score (nSPS) is 35.6. The third kappa shape index (κ3) is 4.67. The minimum absolute atomic E-state index is 0.820. The monoisotopic (exact) mass is 258 g/mol. The van der Waals surface area contributed by atoms with E-state index >= 15 is 0 Å². The summed E-state index contributed by atoms with van der Waals surface area (Å²) in [6.45, 7) is 6.12. The van der Waals surface area contributed by atoms with Crippen LogP contribution >= 0.6 is 0 Å². The Balaban J connectivity index is 1.71. The van der Waals surface area contributed by atoms with Gasteiger partial charge in [-0.3, -0.25) is 0 Å². The van der Waals surface area contributed by atoms with Crippen LogP contribution in [0.5, 0.6) is 0 Å². The number of hydrogen-bond acceptors (Lipinski definition) is 0. The molecule has 1 fully saturated rings. The van der Waals surface area contributed by atoms with Gasteiger partial charge in [-0.2, -0.15) is 0 Å². The smallest absolute Gasteiger partial charge is 0.0205 e. The van der Waals surface area contributed by atoms with E-state index in [1.54, 1.807) is 0 Å². The Labute approximate surface area is 119 Å². The first-order valence-electron chi connectivity index (χ1n) is 8.25. The molecular weight excluding hydrogens is 228 g/mol. The Kier molecular flexibility index (Phi) is 5.94. The predicted octanol–water partition coefficient (Wildman–Crippen LogP) is 5.92. The lowest BCUT2D eigenvalue weighted by molar-refractivity contribution is 0.233. The first-order valence-corrected chi connectivity index (χ1v) is 8.25. The topological polar surface area (TPSA) is 0 Å². The largest absolute Gasteiger partial charge is 0.103 e. The van der Waals surface area contributed by atoms with E-state index in [0.717, 1.165) is 30.1 Å². The lowest BCUT2D eigenvalue weighted by Crippen LogP contribution is -2.22. The second-order valence-corrected chi connectivity index (χ2v) is 6.57. The van der Waals surface area contributed by atoms with Crippen molar-refractivity contribution in [1.29, 1.82) is 0 Å². The molecule has 0 heteroatoms. The van der Waals surface area contributed by atoms with Crippen LogP contribution in [0.15, 0.2) is 37.0 Å². The molecule has 2 aliphatic rings. The Bertz CT molecular complexity index is 315. The summed E-state index contributed by atoms with van der Waals surface area (Å²) in [7, 11) is 0. The summed E-state index contributed by atoms with van der Waals surface area (Å²) >= 11 is 0. The highest BCUT2D eigenvalue weighted by atomic mass is 14.3. The Morgan fingerprint density at radius 2 is 1.79 bits per heavy atom. The van der Waals surface area contributed by atoms with Crippen LogP contribution in [0.1, 0.15) is 58.3 Å². The second kappa shape index (κ2) is 7.72. The maximum absolute atomic E-state index is 3.77. The van der Waals surface area contributed by atoms with Crippen LogP contribution in [0.3, 0.4) is 0 Å². The zero-order valence-corrected chi connectivity index (χ0v) is 12.6. The molecule has 0 saturated heterocycles. The Morgan fingerprint density at radius 3 is 2.42 bits per heavy atom. The third-order valence-electron chi connectivity index (χ3n) is 5.01. The van der Waals surface area contributed by atoms with E-state index in [0.29, 0.717) is 0 Å². The standard InChI is InChI=1S/C19H30/c1-3-4-5-6-7-17-10-14-19(15-11-17)18-12-8-16(2)9-13-18/h3,6-8,12,16-19H,1,4-5,9-11,13-15H2,2H3/b7-6+. The van der Waals surface area contributed by atoms with Crippen molar-refractivity contribution in [3.05, 3.63) is 37.0 Å². The Hall–Kier alpha value is -0.780. The second-order valence-electron chi connectivity index (χ2n) is 6.57. The zero-order valence-electron chi connectivity index (χ0n) is 12.6. The van der Waals surface area contributed by atoms with Gasteiger partial charge in [0, 0.05) is 0 Å². The molecule has 2 atom stereocenters. The van der Waals surface area contributed by atoms with Crippen molar-refractivity contribution < 1.29 is 0 Å². The van der Waals surface area contributed by atoms with Gasteiger partial charge in [0.05, 0.1) is 0 Å². The van der Waals surface area contributed by atoms with Gasteiger partial charge >= 0.3 is 0 Å². The van der Waals surface area contributed by atoms with Gasteiger partial charge in [0.2, 0.25) is 0 Å². The SMILES string of the molecule is C=CCC/C=C/C1CCC(C2C=CC(C)CC2)CC1. The van der Waals surface area contributed by atoms with Crippen LogP contribution in [-0.4, -0.2) is 0 Å². The van der Waals surface area contributed by atoms with Crippen molar-refractivity contribution in [2.75, 3.05) is 0 Å². The van der Waals surface area contributed by atoms with E-state index in [2.05, 4.69) is 37.8 Å². The number of rotatable bonds is 5. The molecule has 0 spiro atoms. The molecule has 0 heterocycles. The van der Waals surface area contributed by atoms with Gasteiger partial charge in [-0.15, -0.1) is 6.58 Å². The van der Waals surface area contributed by atoms with Crippen LogP contribution in [-0.2, 0) is 0 Å². The van der Waals surface area contributed by atoms with Crippen molar-refractivity contribution in [3.63, 3.8) is 0 Å². The summed E-state index contributed by atoms with van der Waals surface area (Å²) in [4.78, 5) is 0. The van der Waals surface area contributed by atoms with Gasteiger partial charge in [-0.25, -0.2) is 0 Å². The molecule has 2 rings (SSSR count). The first kappa shape index (κ1) is 14.6. The van der Waals surface area contributed by atoms with E-state index in [-0.39, 0.29) is 0 Å². The van der Waals surface area contributed by atoms with E-state index in [9.17, 15) is 0 Å². The number of unbranched alkanes of at least 4 members (excludes halogenated alkanes) is 1. The fourth-order valence-corrected chi connectivity index (χ4v) is 3.64. The summed E-state index contributed by atoms with van der Waals surface area (Å²) in [5.74, 6) is 3.54. The number of hydrogen-bond donors (Lipinski definition) is 0.